The van der Waals surface area contributed by atoms with Gasteiger partial charge in [-0.2, -0.15) is 0 Å². The Bertz CT molecular complexity index is 986. The first-order valence-electron chi connectivity index (χ1n) is 6.42. The Morgan fingerprint density at radius 3 is 1.67 bits per heavy atom. The van der Waals surface area contributed by atoms with Crippen LogP contribution in [-0.2, 0) is 22.2 Å². The first-order chi connectivity index (χ1) is 11.3. The van der Waals surface area contributed by atoms with E-state index in [0.717, 1.165) is 0 Å². The van der Waals surface area contributed by atoms with Gasteiger partial charge in [-0.05, 0) is 0 Å². The number of anilines is 2. The molecule has 8 nitrogen and oxygen atoms in total. The topological polar surface area (TPSA) is 161 Å². The number of fused-ring (bicyclic) bond motifs is 2. The molecule has 124 valence electrons. The van der Waals surface area contributed by atoms with Gasteiger partial charge in [-0.3, -0.25) is 9.59 Å². The summed E-state index contributed by atoms with van der Waals surface area (Å²) < 4.78 is 42.2. The molecule has 0 spiro atoms. The van der Waals surface area contributed by atoms with Crippen LogP contribution in [0.25, 0.3) is 0 Å². The summed E-state index contributed by atoms with van der Waals surface area (Å²) in [5.41, 5.74) is 9.93. The molecule has 0 bridgehead atoms. The molecular weight excluding hydrogens is 356 g/mol. The van der Waals surface area contributed by atoms with E-state index in [1.54, 1.807) is 6.07 Å². The molecule has 2 atom stereocenters. The van der Waals surface area contributed by atoms with Gasteiger partial charge in [-0.25, -0.2) is 8.42 Å². The van der Waals surface area contributed by atoms with E-state index in [-0.39, 0.29) is 22.4 Å². The van der Waals surface area contributed by atoms with Gasteiger partial charge in [-0.15, -0.1) is 0 Å². The number of hydrogen-bond donors (Lipinski definition) is 4. The van der Waals surface area contributed by atoms with Crippen molar-refractivity contribution in [2.24, 2.45) is 0 Å². The second-order valence-electron chi connectivity index (χ2n) is 4.94. The number of rotatable bonds is 2. The number of nitrogens with two attached hydrogens (primary N) is 2. The molecule has 10 heteroatoms. The Labute approximate surface area is 140 Å². The van der Waals surface area contributed by atoms with Crippen molar-refractivity contribution in [2.75, 3.05) is 11.5 Å². The monoisotopic (exact) mass is 366 g/mol. The molecule has 24 heavy (non-hydrogen) atoms. The van der Waals surface area contributed by atoms with Gasteiger partial charge in [0.1, 0.15) is 4.90 Å². The van der Waals surface area contributed by atoms with Gasteiger partial charge in [-0.1, -0.05) is 24.3 Å². The highest BCUT2D eigenvalue weighted by atomic mass is 32.2. The minimum absolute atomic E-state index is 0.0144. The number of carbonyl (C=O) groups excluding carboxylic acids is 2. The lowest BCUT2D eigenvalue weighted by Crippen LogP contribution is -2.26. The number of hydrogen-bond acceptors (Lipinski definition) is 6. The zero-order valence-electron chi connectivity index (χ0n) is 11.8. The van der Waals surface area contributed by atoms with Crippen LogP contribution in [0.2, 0.25) is 0 Å². The predicted octanol–water partition coefficient (Wildman–Crippen LogP) is 0.788. The largest absolute Gasteiger partial charge is 0.396 e. The van der Waals surface area contributed by atoms with Crippen LogP contribution in [0.3, 0.4) is 0 Å². The summed E-state index contributed by atoms with van der Waals surface area (Å²) in [6, 6.07) is 5.87. The summed E-state index contributed by atoms with van der Waals surface area (Å²) in [4.78, 5) is 24.1. The molecule has 6 N–H and O–H groups in total. The summed E-state index contributed by atoms with van der Waals surface area (Å²) in [6.07, 6.45) is 0. The maximum absolute atomic E-state index is 12.7. The van der Waals surface area contributed by atoms with Crippen LogP contribution in [0.1, 0.15) is 31.8 Å². The predicted molar refractivity (Wildman–Crippen MR) is 86.6 cm³/mol. The molecule has 3 rings (SSSR count). The Morgan fingerprint density at radius 1 is 0.750 bits per heavy atom. The molecule has 0 radical (unpaired) electrons. The van der Waals surface area contributed by atoms with Gasteiger partial charge in [0.2, 0.25) is 0 Å². The molecule has 1 aliphatic carbocycles. The maximum atomic E-state index is 12.7. The molecule has 2 aromatic rings. The molecule has 0 saturated carbocycles. The molecule has 2 unspecified atom stereocenters. The van der Waals surface area contributed by atoms with E-state index < -0.39 is 54.8 Å². The molecule has 0 amide bonds. The molecule has 0 saturated heterocycles. The van der Waals surface area contributed by atoms with Gasteiger partial charge in [0.15, 0.2) is 33.7 Å². The van der Waals surface area contributed by atoms with E-state index >= 15 is 0 Å². The van der Waals surface area contributed by atoms with Crippen molar-refractivity contribution in [1.29, 1.82) is 0 Å². The summed E-state index contributed by atoms with van der Waals surface area (Å²) in [6.45, 7) is 0. The Hall–Kier alpha value is -2.40. The number of nitrogen functional groups attached to an aromatic ring is 2. The van der Waals surface area contributed by atoms with Crippen LogP contribution in [0, 0.1) is 0 Å². The van der Waals surface area contributed by atoms with Gasteiger partial charge in [0, 0.05) is 11.1 Å². The van der Waals surface area contributed by atoms with Gasteiger partial charge in [0.05, 0.1) is 27.4 Å². The van der Waals surface area contributed by atoms with Crippen LogP contribution >= 0.6 is 0 Å². The molecule has 0 fully saturated rings. The average molecular weight is 366 g/mol. The minimum atomic E-state index is -2.84. The highest BCUT2D eigenvalue weighted by molar-refractivity contribution is 7.82. The van der Waals surface area contributed by atoms with E-state index in [0.29, 0.717) is 0 Å². The van der Waals surface area contributed by atoms with Crippen LogP contribution in [0.5, 0.6) is 0 Å². The highest BCUT2D eigenvalue weighted by Crippen LogP contribution is 2.41. The fourth-order valence-corrected chi connectivity index (χ4v) is 4.31. The second-order valence-corrected chi connectivity index (χ2v) is 6.75. The number of carbonyl (C=O) groups is 2. The average Bonchev–Trinajstić information content (AvgIpc) is 2.53. The lowest BCUT2D eigenvalue weighted by molar-refractivity contribution is 0.0977. The summed E-state index contributed by atoms with van der Waals surface area (Å²) in [5.74, 6) is -1.39. The maximum Gasteiger partial charge on any atom is 0.196 e. The van der Waals surface area contributed by atoms with E-state index in [2.05, 4.69) is 0 Å². The number of ketones is 2. The van der Waals surface area contributed by atoms with Crippen molar-refractivity contribution in [3.05, 3.63) is 46.5 Å². The fraction of sp³-hybridized carbons (Fsp3) is 0. The Kier molecular flexibility index (Phi) is 3.84. The van der Waals surface area contributed by atoms with Crippen LogP contribution in [0.15, 0.2) is 34.1 Å². The molecule has 0 heterocycles. The van der Waals surface area contributed by atoms with E-state index in [9.17, 15) is 27.1 Å². The molecular formula is C14H10N2O6S2. The highest BCUT2D eigenvalue weighted by Gasteiger charge is 2.38. The minimum Gasteiger partial charge on any atom is -0.396 e. The smallest absolute Gasteiger partial charge is 0.196 e. The molecule has 2 aromatic carbocycles. The van der Waals surface area contributed by atoms with E-state index in [4.69, 9.17) is 11.5 Å². The van der Waals surface area contributed by atoms with E-state index in [1.807, 2.05) is 0 Å². The van der Waals surface area contributed by atoms with Crippen molar-refractivity contribution in [1.82, 2.24) is 0 Å². The lowest BCUT2D eigenvalue weighted by Gasteiger charge is -2.23. The van der Waals surface area contributed by atoms with Crippen molar-refractivity contribution in [3.8, 4) is 0 Å². The summed E-state index contributed by atoms with van der Waals surface area (Å²) in [7, 11) is 0. The van der Waals surface area contributed by atoms with E-state index in [1.165, 1.54) is 18.2 Å². The molecule has 0 aliphatic heterocycles. The zero-order chi connectivity index (χ0) is 17.8. The SMILES string of the molecule is Nc1c(N)c(S(=O)O)c(S(=O)O)c2c1C(=O)c1ccccc1C2=O. The van der Waals surface area contributed by atoms with Crippen LogP contribution in [0.4, 0.5) is 11.4 Å². The van der Waals surface area contributed by atoms with Crippen molar-refractivity contribution in [3.63, 3.8) is 0 Å². The molecule has 0 aromatic heterocycles. The standard InChI is InChI=1S/C14H10N2O6S2/c15-9-7-8(13(23(19)20)14(10(9)16)24(21)22)12(18)6-4-2-1-3-5(6)11(7)17/h1-4H,15-16H2,(H,19,20)(H,21,22). The third-order valence-electron chi connectivity index (χ3n) is 3.71. The van der Waals surface area contributed by atoms with Crippen LogP contribution in [-0.4, -0.2) is 29.1 Å². The summed E-state index contributed by atoms with van der Waals surface area (Å²) in [5, 5.41) is 0. The van der Waals surface area contributed by atoms with Gasteiger partial charge < -0.3 is 20.6 Å². The number of benzene rings is 2. The third-order valence-corrected chi connectivity index (χ3v) is 5.37. The summed E-state index contributed by atoms with van der Waals surface area (Å²) >= 11 is -5.63. The zero-order valence-corrected chi connectivity index (χ0v) is 13.4. The Morgan fingerprint density at radius 2 is 1.21 bits per heavy atom. The quantitative estimate of drug-likeness (QED) is 0.382. The van der Waals surface area contributed by atoms with Crippen LogP contribution < -0.4 is 11.5 Å². The molecule has 1 aliphatic rings. The van der Waals surface area contributed by atoms with Crippen molar-refractivity contribution >= 4 is 45.1 Å². The fourth-order valence-electron chi connectivity index (χ4n) is 2.68. The Balaban J connectivity index is 2.54. The normalized spacial score (nSPS) is 15.6. The second kappa shape index (κ2) is 5.60. The third kappa shape index (κ3) is 2.12. The first-order valence-corrected chi connectivity index (χ1v) is 8.63. The first kappa shape index (κ1) is 16.5. The van der Waals surface area contributed by atoms with Crippen molar-refractivity contribution < 1.29 is 27.1 Å². The van der Waals surface area contributed by atoms with Gasteiger partial charge >= 0.3 is 0 Å². The van der Waals surface area contributed by atoms with Crippen molar-refractivity contribution in [2.45, 2.75) is 9.79 Å². The lowest BCUT2D eigenvalue weighted by atomic mass is 9.83. The van der Waals surface area contributed by atoms with Gasteiger partial charge in [0.25, 0.3) is 0 Å².